The highest BCUT2D eigenvalue weighted by Gasteiger charge is 2.29. The molecule has 0 heterocycles. The van der Waals surface area contributed by atoms with Gasteiger partial charge in [0.05, 0.1) is 54.4 Å². The molecule has 12 nitrogen and oxygen atoms in total. The Bertz CT molecular complexity index is 1630. The zero-order chi connectivity index (χ0) is 32.8. The van der Waals surface area contributed by atoms with E-state index >= 15 is 0 Å². The van der Waals surface area contributed by atoms with Gasteiger partial charge in [0, 0.05) is 30.3 Å². The Labute approximate surface area is 261 Å². The molecule has 0 aliphatic heterocycles. The highest BCUT2D eigenvalue weighted by molar-refractivity contribution is 5.97. The van der Waals surface area contributed by atoms with Gasteiger partial charge in [-0.2, -0.15) is 0 Å². The van der Waals surface area contributed by atoms with E-state index in [2.05, 4.69) is 16.0 Å². The largest absolute Gasteiger partial charge is 0.493 e. The third-order valence-corrected chi connectivity index (χ3v) is 7.61. The number of amides is 2. The Hall–Kier alpha value is -5.13. The second-order valence-electron chi connectivity index (χ2n) is 10.4. The molecule has 0 fully saturated rings. The maximum Gasteiger partial charge on any atom is 0.246 e. The van der Waals surface area contributed by atoms with E-state index in [9.17, 15) is 14.4 Å². The molecule has 0 spiro atoms. The van der Waals surface area contributed by atoms with Crippen LogP contribution >= 0.6 is 0 Å². The number of carbonyl (C=O) groups excluding carboxylic acids is 2. The Morgan fingerprint density at radius 1 is 0.800 bits per heavy atom. The number of fused-ring (bicyclic) bond motifs is 3. The minimum Gasteiger partial charge on any atom is -0.493 e. The van der Waals surface area contributed by atoms with E-state index in [4.69, 9.17) is 28.4 Å². The Morgan fingerprint density at radius 3 is 1.96 bits per heavy atom. The maximum absolute atomic E-state index is 13.6. The lowest BCUT2D eigenvalue weighted by Gasteiger charge is -2.19. The number of aryl methyl sites for hydroxylation is 1. The SMILES string of the molecule is COc1cc(NC(=O)C(C)Nc2ccc3c(cc2=O)C(NC(C)=O)CCc2cc(OC)c(OC)c(OC)c2-3)cc(OC)c1OC. The third-order valence-electron chi connectivity index (χ3n) is 7.61. The van der Waals surface area contributed by atoms with Crippen LogP contribution in [0, 0.1) is 0 Å². The Balaban J connectivity index is 1.76. The summed E-state index contributed by atoms with van der Waals surface area (Å²) < 4.78 is 33.2. The molecule has 2 amide bonds. The first-order valence-electron chi connectivity index (χ1n) is 14.3. The standard InChI is InChI=1S/C33H39N3O9/c1-17(33(39)36-20-14-27(41-4)30(43-6)28(15-20)42-5)34-24-12-10-21-22(16-25(24)38)23(35-18(2)37)11-9-19-13-26(40-3)31(44-7)32(45-8)29(19)21/h10,12-17,23H,9,11H2,1-8H3,(H,34,38)(H,35,37)(H,36,39). The molecule has 0 aromatic heterocycles. The van der Waals surface area contributed by atoms with Gasteiger partial charge in [0.15, 0.2) is 23.0 Å². The lowest BCUT2D eigenvalue weighted by molar-refractivity contribution is -0.119. The average Bonchev–Trinajstić information content (AvgIpc) is 3.27. The molecule has 4 rings (SSSR count). The summed E-state index contributed by atoms with van der Waals surface area (Å²) in [6, 6.07) is 8.74. The topological polar surface area (TPSA) is 143 Å². The molecule has 1 aliphatic carbocycles. The predicted molar refractivity (Wildman–Crippen MR) is 170 cm³/mol. The molecule has 0 saturated heterocycles. The van der Waals surface area contributed by atoms with Gasteiger partial charge in [-0.05, 0) is 54.7 Å². The van der Waals surface area contributed by atoms with Crippen LogP contribution in [-0.4, -0.2) is 60.5 Å². The minimum absolute atomic E-state index is 0.193. The van der Waals surface area contributed by atoms with Crippen molar-refractivity contribution >= 4 is 23.2 Å². The van der Waals surface area contributed by atoms with Gasteiger partial charge in [0.2, 0.25) is 28.7 Å². The van der Waals surface area contributed by atoms with E-state index < -0.39 is 18.0 Å². The fraction of sp³-hybridized carbons (Fsp3) is 0.364. The molecule has 2 atom stereocenters. The summed E-state index contributed by atoms with van der Waals surface area (Å²) in [6.45, 7) is 3.08. The number of nitrogens with one attached hydrogen (secondary N) is 3. The molecule has 1 aliphatic rings. The first-order valence-corrected chi connectivity index (χ1v) is 14.3. The molecule has 45 heavy (non-hydrogen) atoms. The molecule has 0 radical (unpaired) electrons. The zero-order valence-corrected chi connectivity index (χ0v) is 26.7. The van der Waals surface area contributed by atoms with Gasteiger partial charge in [-0.1, -0.05) is 6.07 Å². The first kappa shape index (κ1) is 32.8. The summed E-state index contributed by atoms with van der Waals surface area (Å²) in [5.41, 5.74) is 3.18. The van der Waals surface area contributed by atoms with Crippen LogP contribution in [0.4, 0.5) is 11.4 Å². The number of ether oxygens (including phenoxy) is 6. The second-order valence-corrected chi connectivity index (χ2v) is 10.4. The highest BCUT2D eigenvalue weighted by Crippen LogP contribution is 2.50. The Morgan fingerprint density at radius 2 is 1.40 bits per heavy atom. The molecule has 0 bridgehead atoms. The minimum atomic E-state index is -0.823. The number of hydrogen-bond acceptors (Lipinski definition) is 10. The molecule has 240 valence electrons. The van der Waals surface area contributed by atoms with E-state index in [0.29, 0.717) is 64.2 Å². The lowest BCUT2D eigenvalue weighted by atomic mass is 9.95. The molecule has 2 unspecified atom stereocenters. The van der Waals surface area contributed by atoms with Crippen molar-refractivity contribution in [2.45, 2.75) is 38.8 Å². The first-order chi connectivity index (χ1) is 21.6. The van der Waals surface area contributed by atoms with Gasteiger partial charge in [-0.15, -0.1) is 0 Å². The van der Waals surface area contributed by atoms with Gasteiger partial charge in [-0.25, -0.2) is 0 Å². The number of benzene rings is 2. The van der Waals surface area contributed by atoms with E-state index in [1.54, 1.807) is 38.3 Å². The fourth-order valence-corrected chi connectivity index (χ4v) is 5.53. The molecule has 3 aromatic carbocycles. The smallest absolute Gasteiger partial charge is 0.246 e. The van der Waals surface area contributed by atoms with Crippen LogP contribution in [0.2, 0.25) is 0 Å². The summed E-state index contributed by atoms with van der Waals surface area (Å²) >= 11 is 0. The van der Waals surface area contributed by atoms with Crippen molar-refractivity contribution in [2.75, 3.05) is 53.3 Å². The molecule has 12 heteroatoms. The molecular formula is C33H39N3O9. The maximum atomic E-state index is 13.6. The quantitative estimate of drug-likeness (QED) is 0.283. The normalized spacial score (nSPS) is 14.0. The van der Waals surface area contributed by atoms with E-state index in [-0.39, 0.29) is 17.0 Å². The molecular weight excluding hydrogens is 582 g/mol. The molecule has 3 aromatic rings. The summed E-state index contributed by atoms with van der Waals surface area (Å²) in [6.07, 6.45) is 1.10. The zero-order valence-electron chi connectivity index (χ0n) is 26.7. The monoisotopic (exact) mass is 621 g/mol. The van der Waals surface area contributed by atoms with Crippen LogP contribution in [0.3, 0.4) is 0 Å². The van der Waals surface area contributed by atoms with Crippen molar-refractivity contribution in [3.63, 3.8) is 0 Å². The van der Waals surface area contributed by atoms with Gasteiger partial charge in [-0.3, -0.25) is 14.4 Å². The van der Waals surface area contributed by atoms with Crippen molar-refractivity contribution in [1.82, 2.24) is 5.32 Å². The second kappa shape index (κ2) is 14.1. The summed E-state index contributed by atoms with van der Waals surface area (Å²) in [5.74, 6) is 1.88. The summed E-state index contributed by atoms with van der Waals surface area (Å²) in [5, 5.41) is 8.85. The van der Waals surface area contributed by atoms with Gasteiger partial charge >= 0.3 is 0 Å². The van der Waals surface area contributed by atoms with Crippen LogP contribution in [0.5, 0.6) is 34.5 Å². The Kier molecular flexibility index (Phi) is 10.3. The number of methoxy groups -OCH3 is 6. The van der Waals surface area contributed by atoms with Crippen molar-refractivity contribution in [2.24, 2.45) is 0 Å². The molecule has 0 saturated carbocycles. The van der Waals surface area contributed by atoms with Crippen LogP contribution in [0.15, 0.2) is 41.2 Å². The van der Waals surface area contributed by atoms with E-state index in [1.165, 1.54) is 48.5 Å². The third kappa shape index (κ3) is 6.69. The van der Waals surface area contributed by atoms with Crippen molar-refractivity contribution in [3.05, 3.63) is 57.7 Å². The van der Waals surface area contributed by atoms with Crippen LogP contribution in [0.25, 0.3) is 11.1 Å². The van der Waals surface area contributed by atoms with E-state index in [1.807, 2.05) is 6.07 Å². The van der Waals surface area contributed by atoms with Crippen LogP contribution in [0.1, 0.15) is 37.4 Å². The van der Waals surface area contributed by atoms with Crippen LogP contribution in [-0.2, 0) is 16.0 Å². The summed E-state index contributed by atoms with van der Waals surface area (Å²) in [7, 11) is 9.07. The van der Waals surface area contributed by atoms with Crippen molar-refractivity contribution in [3.8, 4) is 45.6 Å². The number of rotatable bonds is 11. The number of hydrogen-bond donors (Lipinski definition) is 3. The van der Waals surface area contributed by atoms with Crippen molar-refractivity contribution in [1.29, 1.82) is 0 Å². The number of anilines is 2. The van der Waals surface area contributed by atoms with Gasteiger partial charge < -0.3 is 44.4 Å². The number of carbonyl (C=O) groups is 2. The molecule has 3 N–H and O–H groups in total. The fourth-order valence-electron chi connectivity index (χ4n) is 5.53. The highest BCUT2D eigenvalue weighted by atomic mass is 16.5. The predicted octanol–water partition coefficient (Wildman–Crippen LogP) is 4.33. The van der Waals surface area contributed by atoms with Crippen LogP contribution < -0.4 is 49.8 Å². The van der Waals surface area contributed by atoms with Crippen molar-refractivity contribution < 1.29 is 38.0 Å². The summed E-state index contributed by atoms with van der Waals surface area (Å²) in [4.78, 5) is 39.1. The van der Waals surface area contributed by atoms with Gasteiger partial charge in [0.25, 0.3) is 0 Å². The lowest BCUT2D eigenvalue weighted by Crippen LogP contribution is -2.33. The average molecular weight is 622 g/mol. The van der Waals surface area contributed by atoms with Gasteiger partial charge in [0.1, 0.15) is 6.04 Å². The van der Waals surface area contributed by atoms with E-state index in [0.717, 1.165) is 11.1 Å².